The van der Waals surface area contributed by atoms with Crippen molar-refractivity contribution in [3.63, 3.8) is 0 Å². The SMILES string of the molecule is CCC1c2nncn2-c2cnc(-n3ncnc3-c3ccn[nH]3)nc2N1C(C)C. The molecule has 28 heavy (non-hydrogen) atoms. The molecular weight excluding hydrogens is 358 g/mol. The van der Waals surface area contributed by atoms with Crippen LogP contribution in [-0.4, -0.2) is 55.7 Å². The molecule has 5 heterocycles. The predicted octanol–water partition coefficient (Wildman–Crippen LogP) is 1.71. The molecule has 1 atom stereocenters. The molecule has 1 aliphatic heterocycles. The summed E-state index contributed by atoms with van der Waals surface area (Å²) >= 11 is 0. The van der Waals surface area contributed by atoms with Gasteiger partial charge in [-0.1, -0.05) is 6.92 Å². The quantitative estimate of drug-likeness (QED) is 0.571. The predicted molar refractivity (Wildman–Crippen MR) is 100 cm³/mol. The smallest absolute Gasteiger partial charge is 0.254 e. The lowest BCUT2D eigenvalue weighted by Gasteiger charge is -2.39. The zero-order chi connectivity index (χ0) is 19.3. The van der Waals surface area contributed by atoms with Gasteiger partial charge in [0.1, 0.15) is 24.0 Å². The first-order valence-electron chi connectivity index (χ1n) is 9.14. The van der Waals surface area contributed by atoms with E-state index in [-0.39, 0.29) is 12.1 Å². The Hall–Kier alpha value is -3.63. The van der Waals surface area contributed by atoms with E-state index in [1.54, 1.807) is 23.4 Å². The van der Waals surface area contributed by atoms with Crippen LogP contribution >= 0.6 is 0 Å². The number of anilines is 1. The zero-order valence-corrected chi connectivity index (χ0v) is 15.7. The molecule has 1 unspecified atom stereocenters. The Morgan fingerprint density at radius 3 is 2.89 bits per heavy atom. The van der Waals surface area contributed by atoms with E-state index < -0.39 is 0 Å². The van der Waals surface area contributed by atoms with Crippen LogP contribution in [0.1, 0.15) is 39.1 Å². The molecule has 4 aromatic heterocycles. The molecule has 1 aliphatic rings. The highest BCUT2D eigenvalue weighted by Gasteiger charge is 2.35. The van der Waals surface area contributed by atoms with Crippen LogP contribution in [0, 0.1) is 0 Å². The summed E-state index contributed by atoms with van der Waals surface area (Å²) in [6.45, 7) is 6.43. The minimum Gasteiger partial charge on any atom is -0.342 e. The van der Waals surface area contributed by atoms with Crippen LogP contribution in [0.25, 0.3) is 23.2 Å². The molecule has 0 saturated heterocycles. The van der Waals surface area contributed by atoms with Crippen molar-refractivity contribution in [3.8, 4) is 23.2 Å². The minimum absolute atomic E-state index is 0.0839. The first kappa shape index (κ1) is 16.5. The molecule has 0 bridgehead atoms. The highest BCUT2D eigenvalue weighted by Crippen LogP contribution is 2.39. The maximum Gasteiger partial charge on any atom is 0.254 e. The summed E-state index contributed by atoms with van der Waals surface area (Å²) in [4.78, 5) is 16.0. The molecule has 0 amide bonds. The van der Waals surface area contributed by atoms with Gasteiger partial charge in [-0.2, -0.15) is 19.9 Å². The maximum atomic E-state index is 4.87. The third-order valence-electron chi connectivity index (χ3n) is 4.87. The first-order valence-corrected chi connectivity index (χ1v) is 9.14. The van der Waals surface area contributed by atoms with Gasteiger partial charge >= 0.3 is 0 Å². The van der Waals surface area contributed by atoms with Gasteiger partial charge in [-0.25, -0.2) is 9.97 Å². The lowest BCUT2D eigenvalue weighted by molar-refractivity contribution is 0.496. The second-order valence-electron chi connectivity index (χ2n) is 6.83. The van der Waals surface area contributed by atoms with Gasteiger partial charge in [0.05, 0.1) is 12.2 Å². The molecule has 0 fully saturated rings. The average Bonchev–Trinajstić information content (AvgIpc) is 3.46. The number of fused-ring (bicyclic) bond motifs is 3. The second-order valence-corrected chi connectivity index (χ2v) is 6.83. The van der Waals surface area contributed by atoms with E-state index in [0.29, 0.717) is 11.8 Å². The Morgan fingerprint density at radius 2 is 2.14 bits per heavy atom. The fourth-order valence-electron chi connectivity index (χ4n) is 3.68. The number of nitrogens with zero attached hydrogens (tertiary/aromatic N) is 10. The maximum absolute atomic E-state index is 4.87. The number of aromatic nitrogens is 10. The normalized spacial score (nSPS) is 15.7. The van der Waals surface area contributed by atoms with E-state index in [1.165, 1.54) is 6.33 Å². The van der Waals surface area contributed by atoms with Gasteiger partial charge in [0.25, 0.3) is 5.95 Å². The van der Waals surface area contributed by atoms with Crippen molar-refractivity contribution in [2.24, 2.45) is 0 Å². The molecule has 11 heteroatoms. The van der Waals surface area contributed by atoms with Gasteiger partial charge in [-0.15, -0.1) is 10.2 Å². The third kappa shape index (κ3) is 2.32. The van der Waals surface area contributed by atoms with E-state index in [2.05, 4.69) is 61.1 Å². The molecule has 0 aliphatic carbocycles. The van der Waals surface area contributed by atoms with Gasteiger partial charge in [0, 0.05) is 12.2 Å². The number of nitrogens with one attached hydrogen (secondary N) is 1. The summed E-state index contributed by atoms with van der Waals surface area (Å²) in [5.74, 6) is 2.77. The Balaban J connectivity index is 1.69. The number of aromatic amines is 1. The van der Waals surface area contributed by atoms with Crippen molar-refractivity contribution in [1.29, 1.82) is 0 Å². The molecule has 0 saturated carbocycles. The molecule has 142 valence electrons. The summed E-state index contributed by atoms with van der Waals surface area (Å²) in [5.41, 5.74) is 1.59. The molecule has 5 rings (SSSR count). The second kappa shape index (κ2) is 6.22. The van der Waals surface area contributed by atoms with Crippen molar-refractivity contribution < 1.29 is 0 Å². The molecular formula is C17H19N11. The summed E-state index contributed by atoms with van der Waals surface area (Å²) in [6.07, 6.45) is 7.53. The van der Waals surface area contributed by atoms with Gasteiger partial charge in [0.15, 0.2) is 17.5 Å². The van der Waals surface area contributed by atoms with Crippen molar-refractivity contribution in [1.82, 2.24) is 49.7 Å². The van der Waals surface area contributed by atoms with Crippen LogP contribution < -0.4 is 4.90 Å². The fourth-order valence-corrected chi connectivity index (χ4v) is 3.68. The Bertz CT molecular complexity index is 1110. The number of hydrogen-bond acceptors (Lipinski definition) is 8. The van der Waals surface area contributed by atoms with Crippen LogP contribution in [0.15, 0.2) is 31.1 Å². The van der Waals surface area contributed by atoms with Gasteiger partial charge in [0.2, 0.25) is 0 Å². The number of rotatable bonds is 4. The Morgan fingerprint density at radius 1 is 1.25 bits per heavy atom. The fraction of sp³-hybridized carbons (Fsp3) is 0.353. The monoisotopic (exact) mass is 377 g/mol. The van der Waals surface area contributed by atoms with Gasteiger partial charge in [-0.3, -0.25) is 9.67 Å². The summed E-state index contributed by atoms with van der Waals surface area (Å²) in [6, 6.07) is 2.14. The van der Waals surface area contributed by atoms with E-state index in [0.717, 1.165) is 29.4 Å². The van der Waals surface area contributed by atoms with E-state index in [1.807, 2.05) is 10.6 Å². The molecule has 0 radical (unpaired) electrons. The number of hydrogen-bond donors (Lipinski definition) is 1. The highest BCUT2D eigenvalue weighted by atomic mass is 15.4. The van der Waals surface area contributed by atoms with E-state index in [4.69, 9.17) is 4.98 Å². The summed E-state index contributed by atoms with van der Waals surface area (Å²) in [5, 5.41) is 19.7. The molecule has 11 nitrogen and oxygen atoms in total. The molecule has 1 N–H and O–H groups in total. The molecule has 0 aromatic carbocycles. The number of H-pyrrole nitrogens is 1. The summed E-state index contributed by atoms with van der Waals surface area (Å²) in [7, 11) is 0. The van der Waals surface area contributed by atoms with E-state index >= 15 is 0 Å². The van der Waals surface area contributed by atoms with Crippen molar-refractivity contribution in [2.45, 2.75) is 39.3 Å². The van der Waals surface area contributed by atoms with Crippen molar-refractivity contribution >= 4 is 5.82 Å². The standard InChI is InChI=1S/C17H19N11/c1-4-12-16-25-21-9-26(16)13-7-18-17(23-15(13)27(12)10(2)3)28-14(19-8-22-28)11-5-6-20-24-11/h5-10,12H,4H2,1-3H3,(H,20,24). The van der Waals surface area contributed by atoms with Crippen molar-refractivity contribution in [3.05, 3.63) is 36.9 Å². The Labute approximate surface area is 160 Å². The van der Waals surface area contributed by atoms with Crippen LogP contribution in [0.5, 0.6) is 0 Å². The summed E-state index contributed by atoms with van der Waals surface area (Å²) < 4.78 is 3.57. The zero-order valence-electron chi connectivity index (χ0n) is 15.7. The lowest BCUT2D eigenvalue weighted by Crippen LogP contribution is -2.40. The van der Waals surface area contributed by atoms with Gasteiger partial charge < -0.3 is 4.90 Å². The van der Waals surface area contributed by atoms with Crippen molar-refractivity contribution in [2.75, 3.05) is 4.90 Å². The lowest BCUT2D eigenvalue weighted by atomic mass is 10.1. The minimum atomic E-state index is 0.0839. The Kier molecular flexibility index (Phi) is 3.67. The van der Waals surface area contributed by atoms with Crippen LogP contribution in [-0.2, 0) is 0 Å². The first-order chi connectivity index (χ1) is 13.7. The average molecular weight is 377 g/mol. The molecule has 4 aromatic rings. The largest absolute Gasteiger partial charge is 0.342 e. The van der Waals surface area contributed by atoms with Crippen LogP contribution in [0.2, 0.25) is 0 Å². The van der Waals surface area contributed by atoms with E-state index in [9.17, 15) is 0 Å². The van der Waals surface area contributed by atoms with Crippen LogP contribution in [0.4, 0.5) is 5.82 Å². The van der Waals surface area contributed by atoms with Crippen LogP contribution in [0.3, 0.4) is 0 Å². The highest BCUT2D eigenvalue weighted by molar-refractivity contribution is 5.63. The third-order valence-corrected chi connectivity index (χ3v) is 4.87. The molecule has 0 spiro atoms. The van der Waals surface area contributed by atoms with Gasteiger partial charge in [-0.05, 0) is 26.3 Å². The topological polar surface area (TPSA) is 119 Å².